The molecule has 0 radical (unpaired) electrons. The Balaban J connectivity index is 2.81. The number of fused-ring (bicyclic) bond motifs is 1. The predicted molar refractivity (Wildman–Crippen MR) is 62.8 cm³/mol. The minimum atomic E-state index is -0.957. The third-order valence-electron chi connectivity index (χ3n) is 2.84. The molecule has 0 saturated heterocycles. The number of halogens is 1. The van der Waals surface area contributed by atoms with E-state index in [9.17, 15) is 9.50 Å². The molecule has 0 unspecified atom stereocenters. The molecule has 86 valence electrons. The Morgan fingerprint density at radius 3 is 2.62 bits per heavy atom. The first-order valence-corrected chi connectivity index (χ1v) is 5.45. The van der Waals surface area contributed by atoms with Crippen molar-refractivity contribution in [3.63, 3.8) is 0 Å². The maximum atomic E-state index is 13.6. The highest BCUT2D eigenvalue weighted by molar-refractivity contribution is 5.82. The van der Waals surface area contributed by atoms with Gasteiger partial charge >= 0.3 is 0 Å². The molecule has 3 heteroatoms. The fourth-order valence-electron chi connectivity index (χ4n) is 2.10. The number of aromatic nitrogens is 1. The quantitative estimate of drug-likeness (QED) is 0.828. The lowest BCUT2D eigenvalue weighted by atomic mass is 10.1. The number of aryl methyl sites for hydroxylation is 1. The average Bonchev–Trinajstić information content (AvgIpc) is 2.57. The van der Waals surface area contributed by atoms with Gasteiger partial charge < -0.3 is 9.67 Å². The Morgan fingerprint density at radius 1 is 1.38 bits per heavy atom. The Labute approximate surface area is 94.3 Å². The molecule has 0 fully saturated rings. The van der Waals surface area contributed by atoms with Gasteiger partial charge in [-0.1, -0.05) is 6.07 Å². The van der Waals surface area contributed by atoms with Crippen LogP contribution in [0.3, 0.4) is 0 Å². The van der Waals surface area contributed by atoms with E-state index in [1.54, 1.807) is 26.0 Å². The summed E-state index contributed by atoms with van der Waals surface area (Å²) in [6.07, 6.45) is 0. The Morgan fingerprint density at radius 2 is 2.06 bits per heavy atom. The van der Waals surface area contributed by atoms with Crippen molar-refractivity contribution >= 4 is 10.9 Å². The van der Waals surface area contributed by atoms with E-state index < -0.39 is 5.60 Å². The van der Waals surface area contributed by atoms with E-state index in [1.165, 1.54) is 6.07 Å². The van der Waals surface area contributed by atoms with Crippen molar-refractivity contribution in [3.05, 3.63) is 35.8 Å². The number of rotatable bonds is 2. The molecule has 16 heavy (non-hydrogen) atoms. The van der Waals surface area contributed by atoms with Crippen LogP contribution in [0.1, 0.15) is 26.5 Å². The monoisotopic (exact) mass is 221 g/mol. The first-order chi connectivity index (χ1) is 7.45. The highest BCUT2D eigenvalue weighted by Crippen LogP contribution is 2.29. The number of hydrogen-bond acceptors (Lipinski definition) is 1. The smallest absolute Gasteiger partial charge is 0.132 e. The van der Waals surface area contributed by atoms with Gasteiger partial charge in [0.1, 0.15) is 5.82 Å². The van der Waals surface area contributed by atoms with E-state index in [4.69, 9.17) is 0 Å². The van der Waals surface area contributed by atoms with Crippen molar-refractivity contribution in [2.24, 2.45) is 0 Å². The fourth-order valence-corrected chi connectivity index (χ4v) is 2.10. The van der Waals surface area contributed by atoms with Gasteiger partial charge in [0.25, 0.3) is 0 Å². The van der Waals surface area contributed by atoms with E-state index in [1.807, 2.05) is 17.6 Å². The summed E-state index contributed by atoms with van der Waals surface area (Å²) in [5.74, 6) is -0.241. The van der Waals surface area contributed by atoms with E-state index in [2.05, 4.69) is 0 Å². The Hall–Kier alpha value is -1.35. The van der Waals surface area contributed by atoms with Crippen molar-refractivity contribution in [1.29, 1.82) is 0 Å². The van der Waals surface area contributed by atoms with Crippen molar-refractivity contribution in [2.75, 3.05) is 0 Å². The van der Waals surface area contributed by atoms with Crippen LogP contribution >= 0.6 is 0 Å². The summed E-state index contributed by atoms with van der Waals surface area (Å²) in [5, 5.41) is 10.6. The third kappa shape index (κ3) is 1.61. The van der Waals surface area contributed by atoms with Gasteiger partial charge in [0.2, 0.25) is 0 Å². The van der Waals surface area contributed by atoms with Gasteiger partial charge in [-0.15, -0.1) is 0 Å². The molecule has 0 amide bonds. The van der Waals surface area contributed by atoms with Crippen LogP contribution in [0.2, 0.25) is 0 Å². The van der Waals surface area contributed by atoms with Crippen LogP contribution in [0, 0.1) is 5.82 Å². The lowest BCUT2D eigenvalue weighted by Gasteiger charge is -2.19. The van der Waals surface area contributed by atoms with Gasteiger partial charge in [-0.2, -0.15) is 0 Å². The summed E-state index contributed by atoms with van der Waals surface area (Å²) in [6, 6.07) is 6.74. The Kier molecular flexibility index (Phi) is 2.50. The number of benzene rings is 1. The van der Waals surface area contributed by atoms with Crippen LogP contribution in [-0.2, 0) is 12.1 Å². The zero-order valence-electron chi connectivity index (χ0n) is 9.79. The van der Waals surface area contributed by atoms with E-state index in [-0.39, 0.29) is 5.82 Å². The van der Waals surface area contributed by atoms with Crippen molar-refractivity contribution in [2.45, 2.75) is 32.9 Å². The van der Waals surface area contributed by atoms with Gasteiger partial charge in [0.05, 0.1) is 16.8 Å². The summed E-state index contributed by atoms with van der Waals surface area (Å²) in [6.45, 7) is 6.13. The molecular formula is C13H16FNO. The maximum absolute atomic E-state index is 13.6. The maximum Gasteiger partial charge on any atom is 0.132 e. The molecule has 2 aromatic rings. The molecule has 2 rings (SSSR count). The van der Waals surface area contributed by atoms with E-state index in [0.29, 0.717) is 11.9 Å². The van der Waals surface area contributed by atoms with Gasteiger partial charge in [0.15, 0.2) is 0 Å². The average molecular weight is 221 g/mol. The number of nitrogens with zero attached hydrogens (tertiary/aromatic N) is 1. The zero-order chi connectivity index (χ0) is 11.9. The van der Waals surface area contributed by atoms with Crippen LogP contribution in [0.5, 0.6) is 0 Å². The predicted octanol–water partition coefficient (Wildman–Crippen LogP) is 3.03. The molecule has 0 aliphatic carbocycles. The van der Waals surface area contributed by atoms with Crippen molar-refractivity contribution < 1.29 is 9.50 Å². The molecule has 0 aliphatic heterocycles. The highest BCUT2D eigenvalue weighted by atomic mass is 19.1. The molecule has 1 aromatic carbocycles. The summed E-state index contributed by atoms with van der Waals surface area (Å²) < 4.78 is 15.6. The standard InChI is InChI=1S/C13H16FNO/c1-4-15-11-7-5-6-10(14)9(11)8-12(15)13(2,3)16/h5-8,16H,4H2,1-3H3. The second kappa shape index (κ2) is 3.59. The molecule has 2 nitrogen and oxygen atoms in total. The SMILES string of the molecule is CCn1c(C(C)(C)O)cc2c(F)cccc21. The van der Waals surface area contributed by atoms with Crippen molar-refractivity contribution in [1.82, 2.24) is 4.57 Å². The molecule has 0 spiro atoms. The molecule has 0 aliphatic rings. The highest BCUT2D eigenvalue weighted by Gasteiger charge is 2.22. The normalized spacial score (nSPS) is 12.3. The fraction of sp³-hybridized carbons (Fsp3) is 0.385. The minimum Gasteiger partial charge on any atom is -0.384 e. The summed E-state index contributed by atoms with van der Waals surface area (Å²) in [4.78, 5) is 0. The van der Waals surface area contributed by atoms with Gasteiger partial charge in [-0.25, -0.2) is 4.39 Å². The molecular weight excluding hydrogens is 205 g/mol. The summed E-state index contributed by atoms with van der Waals surface area (Å²) in [5.41, 5.74) is 0.622. The molecule has 0 atom stereocenters. The topological polar surface area (TPSA) is 25.2 Å². The summed E-state index contributed by atoms with van der Waals surface area (Å²) in [7, 11) is 0. The van der Waals surface area contributed by atoms with Crippen LogP contribution in [-0.4, -0.2) is 9.67 Å². The second-order valence-electron chi connectivity index (χ2n) is 4.51. The van der Waals surface area contributed by atoms with Gasteiger partial charge in [-0.3, -0.25) is 0 Å². The van der Waals surface area contributed by atoms with E-state index in [0.717, 1.165) is 11.2 Å². The molecule has 1 heterocycles. The van der Waals surface area contributed by atoms with Gasteiger partial charge in [-0.05, 0) is 39.0 Å². The minimum absolute atomic E-state index is 0.241. The van der Waals surface area contributed by atoms with Crippen LogP contribution in [0.15, 0.2) is 24.3 Å². The van der Waals surface area contributed by atoms with Crippen LogP contribution < -0.4 is 0 Å². The lowest BCUT2D eigenvalue weighted by Crippen LogP contribution is -2.20. The third-order valence-corrected chi connectivity index (χ3v) is 2.84. The summed E-state index contributed by atoms with van der Waals surface area (Å²) >= 11 is 0. The first kappa shape index (κ1) is 11.1. The molecule has 0 saturated carbocycles. The number of hydrogen-bond donors (Lipinski definition) is 1. The van der Waals surface area contributed by atoms with E-state index >= 15 is 0 Å². The zero-order valence-corrected chi connectivity index (χ0v) is 9.79. The molecule has 0 bridgehead atoms. The molecule has 1 aromatic heterocycles. The van der Waals surface area contributed by atoms with Crippen molar-refractivity contribution in [3.8, 4) is 0 Å². The van der Waals surface area contributed by atoms with Gasteiger partial charge in [0, 0.05) is 11.9 Å². The largest absolute Gasteiger partial charge is 0.384 e. The number of aliphatic hydroxyl groups is 1. The first-order valence-electron chi connectivity index (χ1n) is 5.45. The molecule has 1 N–H and O–H groups in total. The van der Waals surface area contributed by atoms with Crippen LogP contribution in [0.4, 0.5) is 4.39 Å². The second-order valence-corrected chi connectivity index (χ2v) is 4.51. The van der Waals surface area contributed by atoms with Crippen LogP contribution in [0.25, 0.3) is 10.9 Å². The Bertz CT molecular complexity index is 522. The lowest BCUT2D eigenvalue weighted by molar-refractivity contribution is 0.0704.